The van der Waals surface area contributed by atoms with E-state index >= 15 is 0 Å². The highest BCUT2D eigenvalue weighted by molar-refractivity contribution is 7.90. The molecule has 142 valence electrons. The summed E-state index contributed by atoms with van der Waals surface area (Å²) in [5.74, 6) is -0.410. The van der Waals surface area contributed by atoms with Gasteiger partial charge in [0.1, 0.15) is 4.75 Å². The zero-order valence-electron chi connectivity index (χ0n) is 15.9. The topological polar surface area (TPSA) is 105 Å². The van der Waals surface area contributed by atoms with Gasteiger partial charge in [0, 0.05) is 35.6 Å². The maximum Gasteiger partial charge on any atom is 0.224 e. The van der Waals surface area contributed by atoms with Gasteiger partial charge in [-0.25, -0.2) is 0 Å². The molecule has 4 N–H and O–H groups in total. The van der Waals surface area contributed by atoms with Gasteiger partial charge in [-0.2, -0.15) is 0 Å². The predicted molar refractivity (Wildman–Crippen MR) is 102 cm³/mol. The van der Waals surface area contributed by atoms with Gasteiger partial charge in [-0.1, -0.05) is 6.92 Å². The van der Waals surface area contributed by atoms with E-state index in [1.807, 2.05) is 27.7 Å². The number of nitrogens with one attached hydrogen (secondary N) is 2. The molecule has 0 aliphatic rings. The normalized spacial score (nSPS) is 14.2. The number of aromatic hydroxyl groups is 2. The molecule has 0 spiro atoms. The van der Waals surface area contributed by atoms with Gasteiger partial charge in [0.05, 0.1) is 0 Å². The van der Waals surface area contributed by atoms with Crippen molar-refractivity contribution in [2.75, 3.05) is 11.9 Å². The summed E-state index contributed by atoms with van der Waals surface area (Å²) in [6.45, 7) is 11.6. The van der Waals surface area contributed by atoms with Crippen LogP contribution in [0.15, 0.2) is 6.07 Å². The Morgan fingerprint density at radius 2 is 1.88 bits per heavy atom. The first kappa shape index (κ1) is 21.6. The number of hydrogen-bond donors (Lipinski definition) is 4. The fourth-order valence-corrected chi connectivity index (χ4v) is 2.99. The van der Waals surface area contributed by atoms with Gasteiger partial charge in [-0.15, -0.1) is 4.72 Å². The quantitative estimate of drug-likeness (QED) is 0.335. The summed E-state index contributed by atoms with van der Waals surface area (Å²) in [5.41, 5.74) is 1.43. The zero-order valence-corrected chi connectivity index (χ0v) is 16.7. The van der Waals surface area contributed by atoms with Crippen LogP contribution in [0.1, 0.15) is 51.7 Å². The number of rotatable bonds is 7. The van der Waals surface area contributed by atoms with Gasteiger partial charge in [0.2, 0.25) is 5.91 Å². The fraction of sp³-hybridized carbons (Fsp3) is 0.611. The van der Waals surface area contributed by atoms with E-state index in [-0.39, 0.29) is 28.1 Å². The van der Waals surface area contributed by atoms with Crippen LogP contribution in [0.2, 0.25) is 0 Å². The first-order valence-corrected chi connectivity index (χ1v) is 9.55. The van der Waals surface area contributed by atoms with Crippen LogP contribution < -0.4 is 10.0 Å². The molecule has 0 radical (unpaired) electrons. The molecule has 0 saturated heterocycles. The Kier molecular flexibility index (Phi) is 7.59. The van der Waals surface area contributed by atoms with Crippen molar-refractivity contribution in [2.45, 2.75) is 59.1 Å². The summed E-state index contributed by atoms with van der Waals surface area (Å²) in [4.78, 5) is 12.2. The molecule has 0 fully saturated rings. The van der Waals surface area contributed by atoms with Crippen LogP contribution >= 0.6 is 0 Å². The summed E-state index contributed by atoms with van der Waals surface area (Å²) in [7, 11) is 0. The third-order valence-corrected chi connectivity index (χ3v) is 5.53. The van der Waals surface area contributed by atoms with Gasteiger partial charge in [0.25, 0.3) is 0 Å². The summed E-state index contributed by atoms with van der Waals surface area (Å²) >= 11 is -1.11. The average Bonchev–Trinajstić information content (AvgIpc) is 2.49. The number of phenols is 2. The molecular formula is C18H30N2O4S. The predicted octanol–water partition coefficient (Wildman–Crippen LogP) is 3.12. The fourth-order valence-electron chi connectivity index (χ4n) is 2.25. The number of aryl methyl sites for hydroxylation is 1. The molecule has 2 unspecified atom stereocenters. The van der Waals surface area contributed by atoms with Gasteiger partial charge in [-0.3, -0.25) is 4.79 Å². The lowest BCUT2D eigenvalue weighted by Crippen LogP contribution is -2.40. The Balaban J connectivity index is 2.52. The van der Waals surface area contributed by atoms with E-state index in [4.69, 9.17) is 0 Å². The Bertz CT molecular complexity index is 614. The van der Waals surface area contributed by atoms with E-state index < -0.39 is 11.4 Å². The monoisotopic (exact) mass is 370 g/mol. The van der Waals surface area contributed by atoms with Crippen LogP contribution in [0.5, 0.6) is 11.5 Å². The van der Waals surface area contributed by atoms with Crippen molar-refractivity contribution >= 4 is 23.0 Å². The van der Waals surface area contributed by atoms with E-state index in [1.165, 1.54) is 0 Å². The third kappa shape index (κ3) is 6.41. The zero-order chi connectivity index (χ0) is 19.4. The van der Waals surface area contributed by atoms with E-state index in [9.17, 15) is 19.6 Å². The molecular weight excluding hydrogens is 340 g/mol. The SMILES string of the molecule is Cc1cc(NC(=O)CC(C)CCN[S+]([O-])C(C)(C)C)c(C)c(O)c1O. The lowest BCUT2D eigenvalue weighted by Gasteiger charge is -2.24. The van der Waals surface area contributed by atoms with Crippen molar-refractivity contribution in [3.63, 3.8) is 0 Å². The van der Waals surface area contributed by atoms with Gasteiger partial charge >= 0.3 is 0 Å². The van der Waals surface area contributed by atoms with Crippen molar-refractivity contribution < 1.29 is 19.6 Å². The second-order valence-electron chi connectivity index (χ2n) is 7.48. The number of benzene rings is 1. The lowest BCUT2D eigenvalue weighted by molar-refractivity contribution is -0.117. The molecule has 7 heteroatoms. The minimum atomic E-state index is -1.11. The van der Waals surface area contributed by atoms with Crippen molar-refractivity contribution in [1.29, 1.82) is 0 Å². The lowest BCUT2D eigenvalue weighted by atomic mass is 10.0. The molecule has 1 aromatic rings. The molecule has 6 nitrogen and oxygen atoms in total. The molecule has 0 bridgehead atoms. The van der Waals surface area contributed by atoms with E-state index in [0.29, 0.717) is 29.8 Å². The Labute approximate surface area is 153 Å². The summed E-state index contributed by atoms with van der Waals surface area (Å²) in [5, 5.41) is 22.3. The molecule has 0 aromatic heterocycles. The Morgan fingerprint density at radius 1 is 1.28 bits per heavy atom. The summed E-state index contributed by atoms with van der Waals surface area (Å²) in [6.07, 6.45) is 1.05. The summed E-state index contributed by atoms with van der Waals surface area (Å²) < 4.78 is 14.6. The molecule has 1 amide bonds. The molecule has 1 rings (SSSR count). The van der Waals surface area contributed by atoms with Crippen LogP contribution in [0, 0.1) is 19.8 Å². The van der Waals surface area contributed by atoms with Crippen molar-refractivity contribution in [2.24, 2.45) is 5.92 Å². The summed E-state index contributed by atoms with van der Waals surface area (Å²) in [6, 6.07) is 1.64. The van der Waals surface area contributed by atoms with Crippen molar-refractivity contribution in [1.82, 2.24) is 4.72 Å². The average molecular weight is 371 g/mol. The first-order chi connectivity index (χ1) is 11.4. The van der Waals surface area contributed by atoms with Crippen LogP contribution in [-0.4, -0.2) is 32.0 Å². The van der Waals surface area contributed by atoms with Crippen molar-refractivity contribution in [3.8, 4) is 11.5 Å². The van der Waals surface area contributed by atoms with Gasteiger partial charge < -0.3 is 20.1 Å². The van der Waals surface area contributed by atoms with Crippen LogP contribution in [-0.2, 0) is 16.2 Å². The third-order valence-electron chi connectivity index (χ3n) is 3.95. The molecule has 0 aliphatic heterocycles. The number of amides is 1. The van der Waals surface area contributed by atoms with E-state index in [2.05, 4.69) is 10.0 Å². The number of carbonyl (C=O) groups is 1. The highest BCUT2D eigenvalue weighted by atomic mass is 32.2. The van der Waals surface area contributed by atoms with Gasteiger partial charge in [0.15, 0.2) is 11.5 Å². The largest absolute Gasteiger partial charge is 0.598 e. The molecule has 2 atom stereocenters. The van der Waals surface area contributed by atoms with Gasteiger partial charge in [-0.05, 0) is 58.6 Å². The van der Waals surface area contributed by atoms with Crippen molar-refractivity contribution in [3.05, 3.63) is 17.2 Å². The number of carbonyl (C=O) groups excluding carboxylic acids is 1. The van der Waals surface area contributed by atoms with Crippen LogP contribution in [0.3, 0.4) is 0 Å². The van der Waals surface area contributed by atoms with Crippen LogP contribution in [0.25, 0.3) is 0 Å². The maximum absolute atomic E-state index is 12.2. The first-order valence-electron chi connectivity index (χ1n) is 8.40. The molecule has 0 saturated carbocycles. The highest BCUT2D eigenvalue weighted by Crippen LogP contribution is 2.36. The highest BCUT2D eigenvalue weighted by Gasteiger charge is 2.26. The maximum atomic E-state index is 12.2. The molecule has 25 heavy (non-hydrogen) atoms. The Morgan fingerprint density at radius 3 is 2.44 bits per heavy atom. The standard InChI is InChI=1S/C18H30N2O4S/c1-11(7-8-19-25(24)18(4,5)6)9-15(21)20-14-10-12(2)16(22)17(23)13(14)3/h10-11,19,22-23H,7-9H2,1-6H3,(H,20,21). The van der Waals surface area contributed by atoms with Crippen LogP contribution in [0.4, 0.5) is 5.69 Å². The Hall–Kier alpha value is -1.44. The van der Waals surface area contributed by atoms with E-state index in [0.717, 1.165) is 6.42 Å². The molecule has 0 aliphatic carbocycles. The number of phenolic OH excluding ortho intramolecular Hbond substituents is 2. The second-order valence-corrected chi connectivity index (χ2v) is 9.54. The minimum Gasteiger partial charge on any atom is -0.598 e. The molecule has 1 aromatic carbocycles. The smallest absolute Gasteiger partial charge is 0.224 e. The second kappa shape index (κ2) is 8.78. The number of anilines is 1. The number of hydrogen-bond acceptors (Lipinski definition) is 5. The minimum absolute atomic E-state index is 0.122. The molecule has 0 heterocycles. The van der Waals surface area contributed by atoms with E-state index in [1.54, 1.807) is 19.9 Å².